The van der Waals surface area contributed by atoms with Crippen LogP contribution in [0.25, 0.3) is 0 Å². The molecule has 24 heavy (non-hydrogen) atoms. The first kappa shape index (κ1) is 15.0. The Morgan fingerprint density at radius 3 is 2.46 bits per heavy atom. The highest BCUT2D eigenvalue weighted by Crippen LogP contribution is 2.34. The van der Waals surface area contributed by atoms with Crippen LogP contribution in [0.3, 0.4) is 0 Å². The van der Waals surface area contributed by atoms with Crippen LogP contribution >= 0.6 is 0 Å². The van der Waals surface area contributed by atoms with Crippen LogP contribution in [0.1, 0.15) is 34.0 Å². The van der Waals surface area contributed by atoms with Crippen molar-refractivity contribution < 1.29 is 9.59 Å². The molecular formula is C19H21N3O2. The molecule has 0 saturated carbocycles. The van der Waals surface area contributed by atoms with Crippen LogP contribution in [0.15, 0.2) is 42.6 Å². The average molecular weight is 323 g/mol. The lowest BCUT2D eigenvalue weighted by Gasteiger charge is -2.36. The number of aryl methyl sites for hydroxylation is 1. The summed E-state index contributed by atoms with van der Waals surface area (Å²) in [6.07, 6.45) is 3.64. The number of nitrogens with one attached hydrogen (secondary N) is 1. The lowest BCUT2D eigenvalue weighted by molar-refractivity contribution is -0.134. The number of fused-ring (bicyclic) bond motifs is 1. The van der Waals surface area contributed by atoms with Gasteiger partial charge in [0.1, 0.15) is 5.69 Å². The van der Waals surface area contributed by atoms with Crippen molar-refractivity contribution >= 4 is 11.8 Å². The van der Waals surface area contributed by atoms with Gasteiger partial charge in [0.15, 0.2) is 0 Å². The Bertz CT molecular complexity index is 746. The van der Waals surface area contributed by atoms with Crippen LogP contribution in [-0.4, -0.2) is 52.8 Å². The van der Waals surface area contributed by atoms with E-state index in [0.29, 0.717) is 31.9 Å². The van der Waals surface area contributed by atoms with Crippen LogP contribution < -0.4 is 0 Å². The van der Waals surface area contributed by atoms with Crippen LogP contribution in [0.2, 0.25) is 0 Å². The fraction of sp³-hybridized carbons (Fsp3) is 0.368. The topological polar surface area (TPSA) is 56.4 Å². The van der Waals surface area contributed by atoms with Gasteiger partial charge < -0.3 is 14.8 Å². The van der Waals surface area contributed by atoms with Gasteiger partial charge in [-0.2, -0.15) is 0 Å². The lowest BCUT2D eigenvalue weighted by Crippen LogP contribution is -2.51. The van der Waals surface area contributed by atoms with Crippen LogP contribution in [0.5, 0.6) is 0 Å². The minimum Gasteiger partial charge on any atom is -0.357 e. The maximum Gasteiger partial charge on any atom is 0.270 e. The van der Waals surface area contributed by atoms with Gasteiger partial charge in [-0.25, -0.2) is 0 Å². The number of nitrogens with zero attached hydrogens (tertiary/aromatic N) is 2. The number of benzene rings is 1. The fourth-order valence-electron chi connectivity index (χ4n) is 3.80. The second-order valence-electron chi connectivity index (χ2n) is 6.49. The van der Waals surface area contributed by atoms with Crippen LogP contribution in [0.4, 0.5) is 0 Å². The molecule has 2 heterocycles. The summed E-state index contributed by atoms with van der Waals surface area (Å²) < 4.78 is 0. The molecular weight excluding hydrogens is 302 g/mol. The summed E-state index contributed by atoms with van der Waals surface area (Å²) in [5, 5.41) is 0. The minimum atomic E-state index is -0.00754. The van der Waals surface area contributed by atoms with Gasteiger partial charge in [-0.1, -0.05) is 24.3 Å². The van der Waals surface area contributed by atoms with Crippen molar-refractivity contribution in [1.82, 2.24) is 14.8 Å². The molecule has 1 aliphatic heterocycles. The van der Waals surface area contributed by atoms with E-state index in [0.717, 1.165) is 12.8 Å². The Kier molecular flexibility index (Phi) is 3.84. The van der Waals surface area contributed by atoms with Crippen molar-refractivity contribution in [1.29, 1.82) is 0 Å². The first-order valence-electron chi connectivity index (χ1n) is 8.53. The maximum absolute atomic E-state index is 12.9. The Labute approximate surface area is 141 Å². The van der Waals surface area contributed by atoms with E-state index in [1.54, 1.807) is 12.3 Å². The summed E-state index contributed by atoms with van der Waals surface area (Å²) in [6.45, 7) is 2.42. The SMILES string of the molecule is O=C(c1ccc[nH]1)N1CCN(C(=O)[C@H]2CCc3ccccc32)CC1. The maximum atomic E-state index is 12.9. The van der Waals surface area contributed by atoms with E-state index in [1.807, 2.05) is 28.0 Å². The summed E-state index contributed by atoms with van der Waals surface area (Å²) in [5.41, 5.74) is 3.10. The third-order valence-corrected chi connectivity index (χ3v) is 5.14. The molecule has 2 amide bonds. The molecule has 0 unspecified atom stereocenters. The molecule has 5 heteroatoms. The molecule has 1 N–H and O–H groups in total. The summed E-state index contributed by atoms with van der Waals surface area (Å²) in [4.78, 5) is 31.9. The molecule has 2 aliphatic rings. The molecule has 0 radical (unpaired) electrons. The van der Waals surface area contributed by atoms with Crippen molar-refractivity contribution in [3.63, 3.8) is 0 Å². The Morgan fingerprint density at radius 2 is 1.71 bits per heavy atom. The van der Waals surface area contributed by atoms with Gasteiger partial charge >= 0.3 is 0 Å². The van der Waals surface area contributed by atoms with Crippen LogP contribution in [0, 0.1) is 0 Å². The fourth-order valence-corrected chi connectivity index (χ4v) is 3.80. The largest absolute Gasteiger partial charge is 0.357 e. The van der Waals surface area contributed by atoms with Crippen LogP contribution in [-0.2, 0) is 11.2 Å². The minimum absolute atomic E-state index is 0.00754. The molecule has 1 aromatic carbocycles. The molecule has 1 aromatic heterocycles. The monoisotopic (exact) mass is 323 g/mol. The highest BCUT2D eigenvalue weighted by molar-refractivity contribution is 5.92. The average Bonchev–Trinajstić information content (AvgIpc) is 3.30. The number of aromatic amines is 1. The third kappa shape index (κ3) is 2.60. The predicted molar refractivity (Wildman–Crippen MR) is 90.8 cm³/mol. The van der Waals surface area contributed by atoms with Gasteiger partial charge in [0.05, 0.1) is 5.92 Å². The van der Waals surface area contributed by atoms with Gasteiger partial charge in [0.2, 0.25) is 5.91 Å². The van der Waals surface area contributed by atoms with Gasteiger partial charge in [-0.15, -0.1) is 0 Å². The number of carbonyl (C=O) groups is 2. The van der Waals surface area contributed by atoms with E-state index in [4.69, 9.17) is 0 Å². The number of hydrogen-bond donors (Lipinski definition) is 1. The van der Waals surface area contributed by atoms with Crippen molar-refractivity contribution in [3.05, 3.63) is 59.4 Å². The molecule has 124 valence electrons. The zero-order chi connectivity index (χ0) is 16.5. The van der Waals surface area contributed by atoms with Crippen molar-refractivity contribution in [2.75, 3.05) is 26.2 Å². The Hall–Kier alpha value is -2.56. The van der Waals surface area contributed by atoms with Gasteiger partial charge in [0.25, 0.3) is 5.91 Å². The van der Waals surface area contributed by atoms with Gasteiger partial charge in [0, 0.05) is 32.4 Å². The Balaban J connectivity index is 1.40. The third-order valence-electron chi connectivity index (χ3n) is 5.14. The van der Waals surface area contributed by atoms with E-state index >= 15 is 0 Å². The molecule has 1 saturated heterocycles. The van der Waals surface area contributed by atoms with E-state index < -0.39 is 0 Å². The first-order valence-corrected chi connectivity index (χ1v) is 8.53. The van der Waals surface area contributed by atoms with Crippen molar-refractivity contribution in [3.8, 4) is 0 Å². The number of rotatable bonds is 2. The number of amides is 2. The summed E-state index contributed by atoms with van der Waals surface area (Å²) in [7, 11) is 0. The highest BCUT2D eigenvalue weighted by atomic mass is 16.2. The van der Waals surface area contributed by atoms with E-state index in [1.165, 1.54) is 11.1 Å². The van der Waals surface area contributed by atoms with Gasteiger partial charge in [-0.05, 0) is 36.1 Å². The normalized spacial score (nSPS) is 20.1. The second kappa shape index (κ2) is 6.15. The Morgan fingerprint density at radius 1 is 0.958 bits per heavy atom. The number of hydrogen-bond acceptors (Lipinski definition) is 2. The van der Waals surface area contributed by atoms with E-state index in [9.17, 15) is 9.59 Å². The molecule has 4 rings (SSSR count). The first-order chi connectivity index (χ1) is 11.7. The smallest absolute Gasteiger partial charge is 0.270 e. The molecule has 1 fully saturated rings. The number of H-pyrrole nitrogens is 1. The molecule has 1 aliphatic carbocycles. The molecule has 0 spiro atoms. The van der Waals surface area contributed by atoms with Crippen molar-refractivity contribution in [2.45, 2.75) is 18.8 Å². The second-order valence-corrected chi connectivity index (χ2v) is 6.49. The molecule has 2 aromatic rings. The summed E-state index contributed by atoms with van der Waals surface area (Å²) in [5.74, 6) is 0.220. The number of piperazine rings is 1. The number of aromatic nitrogens is 1. The molecule has 5 nitrogen and oxygen atoms in total. The zero-order valence-corrected chi connectivity index (χ0v) is 13.6. The summed E-state index contributed by atoms with van der Waals surface area (Å²) in [6, 6.07) is 11.9. The predicted octanol–water partition coefficient (Wildman–Crippen LogP) is 2.03. The summed E-state index contributed by atoms with van der Waals surface area (Å²) >= 11 is 0. The molecule has 1 atom stereocenters. The zero-order valence-electron chi connectivity index (χ0n) is 13.6. The van der Waals surface area contributed by atoms with Gasteiger partial charge in [-0.3, -0.25) is 9.59 Å². The van der Waals surface area contributed by atoms with E-state index in [2.05, 4.69) is 17.1 Å². The standard InChI is InChI=1S/C19H21N3O2/c23-18(16-8-7-14-4-1-2-5-15(14)16)21-10-12-22(13-11-21)19(24)17-6-3-9-20-17/h1-6,9,16,20H,7-8,10-13H2/t16-/m0/s1. The highest BCUT2D eigenvalue weighted by Gasteiger charge is 2.33. The van der Waals surface area contributed by atoms with Crippen molar-refractivity contribution in [2.24, 2.45) is 0 Å². The van der Waals surface area contributed by atoms with E-state index in [-0.39, 0.29) is 17.7 Å². The lowest BCUT2D eigenvalue weighted by atomic mass is 9.99. The number of carbonyl (C=O) groups excluding carboxylic acids is 2. The molecule has 0 bridgehead atoms. The quantitative estimate of drug-likeness (QED) is 0.919.